The highest BCUT2D eigenvalue weighted by molar-refractivity contribution is 5.85. The van der Waals surface area contributed by atoms with Crippen LogP contribution in [-0.2, 0) is 52.5 Å². The summed E-state index contributed by atoms with van der Waals surface area (Å²) in [5.74, 6) is -2.75. The summed E-state index contributed by atoms with van der Waals surface area (Å²) in [6.07, 6.45) is 10.5. The van der Waals surface area contributed by atoms with Gasteiger partial charge in [-0.1, -0.05) is 51.4 Å². The van der Waals surface area contributed by atoms with E-state index in [-0.39, 0.29) is 96.4 Å². The van der Waals surface area contributed by atoms with Gasteiger partial charge in [-0.05, 0) is 19.3 Å². The lowest BCUT2D eigenvalue weighted by Crippen LogP contribution is -2.42. The number of carboxylic acids is 1. The van der Waals surface area contributed by atoms with Crippen molar-refractivity contribution in [2.45, 2.75) is 95.9 Å². The fourth-order valence-electron chi connectivity index (χ4n) is 4.35. The summed E-state index contributed by atoms with van der Waals surface area (Å²) in [4.78, 5) is 69.4. The first-order chi connectivity index (χ1) is 23.1. The van der Waals surface area contributed by atoms with Crippen molar-refractivity contribution >= 4 is 35.6 Å². The molecule has 0 aromatic carbocycles. The monoisotopic (exact) mass is 690 g/mol. The van der Waals surface area contributed by atoms with Crippen LogP contribution in [0.25, 0.3) is 0 Å². The van der Waals surface area contributed by atoms with Crippen molar-refractivity contribution in [2.24, 2.45) is 5.73 Å². The molecule has 1 atom stereocenters. The molecule has 0 aliphatic rings. The molecule has 0 unspecified atom stereocenters. The topological polar surface area (TPSA) is 231 Å². The third kappa shape index (κ3) is 31.3. The highest BCUT2D eigenvalue weighted by Crippen LogP contribution is 2.12. The van der Waals surface area contributed by atoms with E-state index in [0.717, 1.165) is 57.8 Å². The molecule has 0 aromatic rings. The number of carbonyl (C=O) groups is 6. The number of carboxylic acid groups (broad SMARTS) is 1. The minimum absolute atomic E-state index is 0.0198. The van der Waals surface area contributed by atoms with Gasteiger partial charge in [0.05, 0.1) is 46.8 Å². The first-order valence-electron chi connectivity index (χ1n) is 16.9. The van der Waals surface area contributed by atoms with Crippen molar-refractivity contribution in [1.82, 2.24) is 16.0 Å². The van der Waals surface area contributed by atoms with Crippen LogP contribution < -0.4 is 21.7 Å². The number of hydrogen-bond acceptors (Lipinski definition) is 11. The Balaban J connectivity index is 3.79. The quantitative estimate of drug-likeness (QED) is 0.0470. The number of rotatable bonds is 34. The van der Waals surface area contributed by atoms with Crippen molar-refractivity contribution in [3.63, 3.8) is 0 Å². The molecule has 278 valence electrons. The fraction of sp³-hybridized carbons (Fsp3) is 0.812. The molecule has 0 fully saturated rings. The third-order valence-electron chi connectivity index (χ3n) is 6.88. The van der Waals surface area contributed by atoms with Gasteiger partial charge < -0.3 is 50.5 Å². The predicted octanol–water partition coefficient (Wildman–Crippen LogP) is 0.974. The van der Waals surface area contributed by atoms with E-state index in [1.807, 2.05) is 0 Å². The van der Waals surface area contributed by atoms with Crippen LogP contribution >= 0.6 is 0 Å². The predicted molar refractivity (Wildman–Crippen MR) is 175 cm³/mol. The zero-order valence-corrected chi connectivity index (χ0v) is 28.6. The Morgan fingerprint density at radius 1 is 0.583 bits per heavy atom. The molecule has 0 aromatic heterocycles. The van der Waals surface area contributed by atoms with E-state index in [4.69, 9.17) is 34.5 Å². The molecule has 4 amide bonds. The molecule has 0 saturated carbocycles. The number of esters is 1. The Kier molecular flexibility index (Phi) is 30.0. The summed E-state index contributed by atoms with van der Waals surface area (Å²) in [6, 6.07) is -0.906. The highest BCUT2D eigenvalue weighted by atomic mass is 16.5. The molecule has 0 spiro atoms. The fourth-order valence-corrected chi connectivity index (χ4v) is 4.35. The number of ether oxygens (including phenoxy) is 5. The van der Waals surface area contributed by atoms with E-state index in [2.05, 4.69) is 16.0 Å². The number of hydrogen-bond donors (Lipinski definition) is 5. The average Bonchev–Trinajstić information content (AvgIpc) is 3.05. The van der Waals surface area contributed by atoms with Gasteiger partial charge in [0.15, 0.2) is 0 Å². The van der Waals surface area contributed by atoms with Gasteiger partial charge >= 0.3 is 11.9 Å². The normalized spacial score (nSPS) is 11.4. The molecule has 0 saturated heterocycles. The summed E-state index contributed by atoms with van der Waals surface area (Å²) < 4.78 is 25.6. The van der Waals surface area contributed by atoms with Gasteiger partial charge in [0.1, 0.15) is 19.3 Å². The summed E-state index contributed by atoms with van der Waals surface area (Å²) in [6.45, 7) is 1.67. The Bertz CT molecular complexity index is 906. The van der Waals surface area contributed by atoms with Crippen molar-refractivity contribution in [3.05, 3.63) is 0 Å². The second-order valence-corrected chi connectivity index (χ2v) is 11.1. The smallest absolute Gasteiger partial charge is 0.328 e. The summed E-state index contributed by atoms with van der Waals surface area (Å²) in [7, 11) is 1.23. The Morgan fingerprint density at radius 3 is 1.58 bits per heavy atom. The lowest BCUT2D eigenvalue weighted by atomic mass is 10.0. The van der Waals surface area contributed by atoms with Crippen LogP contribution in [0.5, 0.6) is 0 Å². The van der Waals surface area contributed by atoms with E-state index < -0.39 is 23.9 Å². The minimum atomic E-state index is -0.906. The molecule has 0 aliphatic heterocycles. The number of unbranched alkanes of at least 4 members (excludes halogenated alkanes) is 9. The number of primary amides is 1. The molecule has 0 bridgehead atoms. The molecule has 6 N–H and O–H groups in total. The SMILES string of the molecule is COC(=O)[C@H](CCC(=O)NCCOCCOCC(=O)NCCOCCOCC(N)=O)NC(=O)CCCCCCCCCCCCC(=O)O. The number of amides is 4. The molecule has 0 radical (unpaired) electrons. The van der Waals surface area contributed by atoms with Crippen molar-refractivity contribution in [2.75, 3.05) is 73.1 Å². The van der Waals surface area contributed by atoms with Crippen LogP contribution in [-0.4, -0.2) is 120 Å². The number of methoxy groups -OCH3 is 1. The van der Waals surface area contributed by atoms with Crippen LogP contribution in [0.2, 0.25) is 0 Å². The standard InChI is InChI=1S/C32H58N4O12/c1-44-32(43)26(36-29(39)12-10-8-6-4-2-3-5-7-9-11-13-31(41)42)14-15-28(38)34-16-18-45-21-23-48-25-30(40)35-17-19-46-20-22-47-24-27(33)37/h26H,2-25H2,1H3,(H2,33,37)(H,34,38)(H,35,40)(H,36,39)(H,41,42)/t26-/m0/s1. The number of nitrogens with two attached hydrogens (primary N) is 1. The van der Waals surface area contributed by atoms with Gasteiger partial charge in [0.25, 0.3) is 0 Å². The van der Waals surface area contributed by atoms with Gasteiger partial charge in [-0.25, -0.2) is 4.79 Å². The maximum Gasteiger partial charge on any atom is 0.328 e. The Hall–Kier alpha value is -3.34. The zero-order valence-electron chi connectivity index (χ0n) is 28.6. The number of carbonyl (C=O) groups excluding carboxylic acids is 5. The second-order valence-electron chi connectivity index (χ2n) is 11.1. The molecule has 0 rings (SSSR count). The van der Waals surface area contributed by atoms with Crippen LogP contribution in [0.1, 0.15) is 89.9 Å². The van der Waals surface area contributed by atoms with Crippen LogP contribution in [0.3, 0.4) is 0 Å². The number of nitrogens with one attached hydrogen (secondary N) is 3. The van der Waals surface area contributed by atoms with E-state index in [9.17, 15) is 28.8 Å². The van der Waals surface area contributed by atoms with E-state index in [1.54, 1.807) is 0 Å². The highest BCUT2D eigenvalue weighted by Gasteiger charge is 2.22. The lowest BCUT2D eigenvalue weighted by Gasteiger charge is -2.16. The van der Waals surface area contributed by atoms with E-state index >= 15 is 0 Å². The summed E-state index contributed by atoms with van der Waals surface area (Å²) in [5.41, 5.74) is 4.94. The summed E-state index contributed by atoms with van der Waals surface area (Å²) >= 11 is 0. The van der Waals surface area contributed by atoms with Crippen LogP contribution in [0.15, 0.2) is 0 Å². The number of aliphatic carboxylic acids is 1. The maximum absolute atomic E-state index is 12.4. The Morgan fingerprint density at radius 2 is 1.06 bits per heavy atom. The molecule has 48 heavy (non-hydrogen) atoms. The van der Waals surface area contributed by atoms with Crippen molar-refractivity contribution < 1.29 is 57.6 Å². The van der Waals surface area contributed by atoms with Gasteiger partial charge in [0.2, 0.25) is 23.6 Å². The van der Waals surface area contributed by atoms with Gasteiger partial charge in [0, 0.05) is 32.4 Å². The Labute approximate surface area is 283 Å². The average molecular weight is 691 g/mol. The summed E-state index contributed by atoms with van der Waals surface area (Å²) in [5, 5.41) is 16.6. The molecule has 0 heterocycles. The zero-order chi connectivity index (χ0) is 35.7. The largest absolute Gasteiger partial charge is 0.481 e. The molecular formula is C32H58N4O12. The van der Waals surface area contributed by atoms with Gasteiger partial charge in [-0.3, -0.25) is 24.0 Å². The molecule has 0 aliphatic carbocycles. The first kappa shape index (κ1) is 44.7. The van der Waals surface area contributed by atoms with Gasteiger partial charge in [-0.2, -0.15) is 0 Å². The van der Waals surface area contributed by atoms with Crippen LogP contribution in [0, 0.1) is 0 Å². The van der Waals surface area contributed by atoms with E-state index in [1.165, 1.54) is 7.11 Å². The molecular weight excluding hydrogens is 632 g/mol. The van der Waals surface area contributed by atoms with Gasteiger partial charge in [-0.15, -0.1) is 0 Å². The van der Waals surface area contributed by atoms with Crippen molar-refractivity contribution in [1.29, 1.82) is 0 Å². The molecule has 16 nitrogen and oxygen atoms in total. The first-order valence-corrected chi connectivity index (χ1v) is 16.9. The van der Waals surface area contributed by atoms with Crippen molar-refractivity contribution in [3.8, 4) is 0 Å². The second kappa shape index (κ2) is 32.2. The van der Waals surface area contributed by atoms with Crippen LogP contribution in [0.4, 0.5) is 0 Å². The lowest BCUT2D eigenvalue weighted by molar-refractivity contribution is -0.145. The molecule has 16 heteroatoms. The minimum Gasteiger partial charge on any atom is -0.481 e. The third-order valence-corrected chi connectivity index (χ3v) is 6.88. The maximum atomic E-state index is 12.4. The van der Waals surface area contributed by atoms with E-state index in [0.29, 0.717) is 19.4 Å².